The molecular formula is C7H10O3. The minimum Gasteiger partial charge on any atom is -0.378 e. The lowest BCUT2D eigenvalue weighted by molar-refractivity contribution is -0.126. The molecule has 0 aliphatic carbocycles. The largest absolute Gasteiger partial charge is 0.378 e. The normalized spacial score (nSPS) is 53.7. The van der Waals surface area contributed by atoms with E-state index in [0.717, 1.165) is 0 Å². The molecule has 10 heavy (non-hydrogen) atoms. The summed E-state index contributed by atoms with van der Waals surface area (Å²) in [6, 6.07) is 0. The van der Waals surface area contributed by atoms with Crippen LogP contribution in [0.3, 0.4) is 0 Å². The molecule has 3 heteroatoms. The number of hydrogen-bond acceptors (Lipinski definition) is 3. The highest BCUT2D eigenvalue weighted by atomic mass is 16.6. The molecule has 0 amide bonds. The van der Waals surface area contributed by atoms with Crippen LogP contribution < -0.4 is 0 Å². The minimum atomic E-state index is -0.451. The molecule has 0 spiro atoms. The highest BCUT2D eigenvalue weighted by Gasteiger charge is 2.47. The predicted octanol–water partition coefficient (Wildman–Crippen LogP) is 0.132. The molecule has 4 atom stereocenters. The van der Waals surface area contributed by atoms with E-state index in [0.29, 0.717) is 6.42 Å². The Labute approximate surface area is 60.7 Å². The molecule has 2 rings (SSSR count). The zero-order valence-electron chi connectivity index (χ0n) is 6.74. The van der Waals surface area contributed by atoms with Crippen molar-refractivity contribution in [3.63, 3.8) is 0 Å². The molecule has 2 bridgehead atoms. The molecule has 0 aromatic heterocycles. The average molecular weight is 143 g/mol. The first-order valence-corrected chi connectivity index (χ1v) is 3.37. The molecule has 2 saturated heterocycles. The van der Waals surface area contributed by atoms with Crippen molar-refractivity contribution in [2.24, 2.45) is 0 Å². The van der Waals surface area contributed by atoms with Gasteiger partial charge in [0.1, 0.15) is 6.10 Å². The number of Topliss-reactive ketones (excluding diaryl/α,β-unsaturated/α-hetero) is 1. The van der Waals surface area contributed by atoms with Crippen LogP contribution in [0.4, 0.5) is 0 Å². The van der Waals surface area contributed by atoms with Gasteiger partial charge >= 0.3 is 0 Å². The number of rotatable bonds is 1. The van der Waals surface area contributed by atoms with Crippen molar-refractivity contribution in [2.75, 3.05) is 7.11 Å². The summed E-state index contributed by atoms with van der Waals surface area (Å²) in [5.74, 6) is 0.0883. The molecule has 56 valence electrons. The topological polar surface area (TPSA) is 35.5 Å². The number of fused-ring (bicyclic) bond motifs is 2. The summed E-state index contributed by atoms with van der Waals surface area (Å²) in [5.41, 5.74) is 0. The van der Waals surface area contributed by atoms with Crippen LogP contribution in [-0.2, 0) is 14.3 Å². The van der Waals surface area contributed by atoms with Gasteiger partial charge in [-0.15, -0.1) is 0 Å². The van der Waals surface area contributed by atoms with Crippen molar-refractivity contribution in [3.05, 3.63) is 0 Å². The summed E-state index contributed by atoms with van der Waals surface area (Å²) < 4.78 is 17.8. The van der Waals surface area contributed by atoms with Gasteiger partial charge in [0.2, 0.25) is 0 Å². The molecule has 1 unspecified atom stereocenters. The number of ketones is 1. The zero-order chi connectivity index (χ0) is 8.01. The van der Waals surface area contributed by atoms with Crippen molar-refractivity contribution in [2.45, 2.75) is 31.1 Å². The quantitative estimate of drug-likeness (QED) is 0.523. The number of methoxy groups -OCH3 is 1. The van der Waals surface area contributed by atoms with E-state index in [1.807, 2.05) is 0 Å². The second kappa shape index (κ2) is 2.04. The Morgan fingerprint density at radius 2 is 2.70 bits per heavy atom. The van der Waals surface area contributed by atoms with Crippen molar-refractivity contribution in [1.82, 2.24) is 0 Å². The monoisotopic (exact) mass is 143 g/mol. The Bertz CT molecular complexity index is 194. The summed E-state index contributed by atoms with van der Waals surface area (Å²) >= 11 is 0. The van der Waals surface area contributed by atoms with E-state index in [-0.39, 0.29) is 24.4 Å². The van der Waals surface area contributed by atoms with Crippen LogP contribution in [0.25, 0.3) is 0 Å². The third-order valence-electron chi connectivity index (χ3n) is 2.02. The Morgan fingerprint density at radius 1 is 1.90 bits per heavy atom. The van der Waals surface area contributed by atoms with E-state index < -0.39 is 6.10 Å². The number of hydrogen-bond donors (Lipinski definition) is 0. The van der Waals surface area contributed by atoms with E-state index in [1.165, 1.54) is 7.11 Å². The third kappa shape index (κ3) is 0.707. The first-order chi connectivity index (χ1) is 5.24. The maximum absolute atomic E-state index is 11.1. The standard InChI is InChI=1S/C7H10O3/c1-9-6-3-4-2-5(8)7(6)10-4/h4,6-7H,2-3H2,1H3/t4-,6+,7+/m1/s1/i3D/t3?,4-,6+,7+. The molecule has 3 nitrogen and oxygen atoms in total. The summed E-state index contributed by atoms with van der Waals surface area (Å²) in [6.07, 6.45) is -0.965. The Balaban J connectivity index is 2.19. The van der Waals surface area contributed by atoms with Crippen LogP contribution in [0.15, 0.2) is 0 Å². The second-order valence-corrected chi connectivity index (χ2v) is 2.66. The fourth-order valence-electron chi connectivity index (χ4n) is 1.52. The van der Waals surface area contributed by atoms with E-state index in [9.17, 15) is 4.79 Å². The zero-order valence-corrected chi connectivity index (χ0v) is 5.74. The van der Waals surface area contributed by atoms with Crippen molar-refractivity contribution >= 4 is 5.78 Å². The fourth-order valence-corrected chi connectivity index (χ4v) is 1.52. The van der Waals surface area contributed by atoms with E-state index in [1.54, 1.807) is 0 Å². The highest BCUT2D eigenvalue weighted by molar-refractivity contribution is 5.87. The molecule has 0 radical (unpaired) electrons. The van der Waals surface area contributed by atoms with Gasteiger partial charge in [-0.2, -0.15) is 0 Å². The van der Waals surface area contributed by atoms with Crippen molar-refractivity contribution in [3.8, 4) is 0 Å². The first-order valence-electron chi connectivity index (χ1n) is 3.95. The maximum atomic E-state index is 11.1. The van der Waals surface area contributed by atoms with Gasteiger partial charge < -0.3 is 9.47 Å². The van der Waals surface area contributed by atoms with Gasteiger partial charge in [-0.25, -0.2) is 0 Å². The van der Waals surface area contributed by atoms with Crippen molar-refractivity contribution in [1.29, 1.82) is 0 Å². The molecule has 2 heterocycles. The Hall–Kier alpha value is -0.410. The van der Waals surface area contributed by atoms with Crippen LogP contribution in [0.2, 0.25) is 0 Å². The number of carbonyl (C=O) groups is 1. The lowest BCUT2D eigenvalue weighted by atomic mass is 9.97. The van der Waals surface area contributed by atoms with Gasteiger partial charge in [0.25, 0.3) is 0 Å². The van der Waals surface area contributed by atoms with E-state index >= 15 is 0 Å². The molecule has 0 saturated carbocycles. The van der Waals surface area contributed by atoms with Crippen LogP contribution in [-0.4, -0.2) is 31.2 Å². The van der Waals surface area contributed by atoms with Crippen LogP contribution in [0, 0.1) is 0 Å². The van der Waals surface area contributed by atoms with Gasteiger partial charge in [-0.1, -0.05) is 0 Å². The summed E-state index contributed by atoms with van der Waals surface area (Å²) in [6.45, 7) is 0. The summed E-state index contributed by atoms with van der Waals surface area (Å²) in [4.78, 5) is 11.1. The summed E-state index contributed by atoms with van der Waals surface area (Å²) in [5, 5.41) is 0. The second-order valence-electron chi connectivity index (χ2n) is 2.66. The molecule has 2 aliphatic heterocycles. The number of ether oxygens (including phenoxy) is 2. The van der Waals surface area contributed by atoms with E-state index in [4.69, 9.17) is 10.8 Å². The molecule has 2 aliphatic rings. The predicted molar refractivity (Wildman–Crippen MR) is 33.7 cm³/mol. The fraction of sp³-hybridized carbons (Fsp3) is 0.857. The van der Waals surface area contributed by atoms with Gasteiger partial charge in [0, 0.05) is 21.3 Å². The van der Waals surface area contributed by atoms with Gasteiger partial charge in [-0.3, -0.25) is 4.79 Å². The molecule has 2 fully saturated rings. The van der Waals surface area contributed by atoms with E-state index in [2.05, 4.69) is 0 Å². The highest BCUT2D eigenvalue weighted by Crippen LogP contribution is 2.33. The number of carbonyl (C=O) groups excluding carboxylic acids is 1. The molecule has 0 aromatic rings. The SMILES string of the molecule is [2H]C1[C@H]2CC(=O)[C@H](O2)[C@H]1OC. The molecule has 0 aromatic carbocycles. The van der Waals surface area contributed by atoms with Gasteiger partial charge in [-0.05, 0) is 0 Å². The Morgan fingerprint density at radius 3 is 3.20 bits per heavy atom. The van der Waals surface area contributed by atoms with Gasteiger partial charge in [0.15, 0.2) is 5.78 Å². The van der Waals surface area contributed by atoms with Crippen LogP contribution in [0.1, 0.15) is 14.2 Å². The summed E-state index contributed by atoms with van der Waals surface area (Å²) in [7, 11) is 1.52. The maximum Gasteiger partial charge on any atom is 0.166 e. The smallest absolute Gasteiger partial charge is 0.166 e. The van der Waals surface area contributed by atoms with Crippen molar-refractivity contribution < 1.29 is 15.6 Å². The lowest BCUT2D eigenvalue weighted by Gasteiger charge is -2.14. The first kappa shape index (κ1) is 5.27. The third-order valence-corrected chi connectivity index (χ3v) is 2.02. The van der Waals surface area contributed by atoms with Gasteiger partial charge in [0.05, 0.1) is 12.2 Å². The lowest BCUT2D eigenvalue weighted by Crippen LogP contribution is -2.31. The minimum absolute atomic E-state index is 0.0883. The Kier molecular flexibility index (Phi) is 1.07. The average Bonchev–Trinajstić information content (AvgIpc) is 2.45. The molecular weight excluding hydrogens is 132 g/mol. The van der Waals surface area contributed by atoms with Crippen LogP contribution in [0.5, 0.6) is 0 Å². The van der Waals surface area contributed by atoms with Crippen LogP contribution >= 0.6 is 0 Å². The molecule has 0 N–H and O–H groups in total.